The summed E-state index contributed by atoms with van der Waals surface area (Å²) in [5.74, 6) is 0. The van der Waals surface area contributed by atoms with Crippen LogP contribution in [0.3, 0.4) is 0 Å². The Balaban J connectivity index is 1.22. The lowest BCUT2D eigenvalue weighted by molar-refractivity contribution is 0.670. The van der Waals surface area contributed by atoms with E-state index in [1.807, 2.05) is 72.8 Å². The Bertz CT molecular complexity index is 4660. The number of hydrogen-bond acceptors (Lipinski definition) is 2. The van der Waals surface area contributed by atoms with E-state index in [1.54, 1.807) is 30.3 Å². The highest BCUT2D eigenvalue weighted by Gasteiger charge is 2.24. The van der Waals surface area contributed by atoms with Gasteiger partial charge < -0.3 is 13.9 Å². The fourth-order valence-corrected chi connectivity index (χ4v) is 7.96. The maximum absolute atomic E-state index is 9.93. The molecule has 3 nitrogen and oxygen atoms in total. The smallest absolute Gasteiger partial charge is 0.145 e. The number of anilines is 3. The van der Waals surface area contributed by atoms with Crippen molar-refractivity contribution in [3.8, 4) is 39.1 Å². The van der Waals surface area contributed by atoms with Gasteiger partial charge in [0.1, 0.15) is 11.2 Å². The van der Waals surface area contributed by atoms with Crippen LogP contribution in [-0.4, -0.2) is 4.57 Å². The van der Waals surface area contributed by atoms with E-state index in [4.69, 9.17) is 19.5 Å². The van der Waals surface area contributed by atoms with Crippen molar-refractivity contribution in [1.82, 2.24) is 4.57 Å². The summed E-state index contributed by atoms with van der Waals surface area (Å²) in [6.45, 7) is 0. The molecule has 0 saturated heterocycles. The summed E-state index contributed by atoms with van der Waals surface area (Å²) in [5, 5.41) is 2.18. The molecule has 12 aromatic rings. The van der Waals surface area contributed by atoms with Crippen molar-refractivity contribution in [3.63, 3.8) is 0 Å². The minimum Gasteiger partial charge on any atom is -0.455 e. The third kappa shape index (κ3) is 5.90. The molecule has 0 aliphatic carbocycles. The van der Waals surface area contributed by atoms with Gasteiger partial charge >= 0.3 is 0 Å². The van der Waals surface area contributed by atoms with E-state index >= 15 is 0 Å². The van der Waals surface area contributed by atoms with Gasteiger partial charge in [-0.05, 0) is 111 Å². The summed E-state index contributed by atoms with van der Waals surface area (Å²) < 4.78 is 191. The number of hydrogen-bond donors (Lipinski definition) is 0. The first-order valence-corrected chi connectivity index (χ1v) is 19.2. The highest BCUT2D eigenvalue weighted by molar-refractivity contribution is 6.14. The second-order valence-electron chi connectivity index (χ2n) is 14.1. The fourth-order valence-electron chi connectivity index (χ4n) is 7.96. The molecule has 0 bridgehead atoms. The van der Waals surface area contributed by atoms with Crippen LogP contribution < -0.4 is 4.90 Å². The average molecular weight is 799 g/mol. The molecule has 0 radical (unpaired) electrons. The highest BCUT2D eigenvalue weighted by atomic mass is 16.3. The molecule has 0 amide bonds. The first kappa shape index (κ1) is 20.2. The lowest BCUT2D eigenvalue weighted by Crippen LogP contribution is -2.11. The predicted molar refractivity (Wildman–Crippen MR) is 257 cm³/mol. The molecular formula is C58H38N2O. The van der Waals surface area contributed by atoms with Gasteiger partial charge in [-0.1, -0.05) is 157 Å². The number of rotatable bonds is 7. The lowest BCUT2D eigenvalue weighted by Gasteiger charge is -2.28. The molecular weight excluding hydrogens is 741 g/mol. The van der Waals surface area contributed by atoms with Crippen LogP contribution in [0, 0.1) is 0 Å². The van der Waals surface area contributed by atoms with Crippen LogP contribution in [0.2, 0.25) is 0 Å². The third-order valence-electron chi connectivity index (χ3n) is 10.7. The zero-order valence-electron chi connectivity index (χ0n) is 51.7. The van der Waals surface area contributed by atoms with Crippen LogP contribution in [0.1, 0.15) is 27.4 Å². The topological polar surface area (TPSA) is 21.3 Å². The fraction of sp³-hybridized carbons (Fsp3) is 0. The molecule has 0 fully saturated rings. The van der Waals surface area contributed by atoms with Gasteiger partial charge in [0.15, 0.2) is 0 Å². The summed E-state index contributed by atoms with van der Waals surface area (Å²) in [4.78, 5) is 1.02. The normalized spacial score (nSPS) is 16.2. The lowest BCUT2D eigenvalue weighted by atomic mass is 9.97. The first-order valence-electron chi connectivity index (χ1n) is 29.2. The molecule has 0 saturated carbocycles. The molecule has 2 heterocycles. The standard InChI is InChI=1S/C58H38N2O/c1-2-13-39(14-3-1)41-27-31-46(32-28-41)59(47-33-29-42(30-34-47)44-26-25-40-15-4-5-16-43(40)37-44)55-36-35-52-51-21-8-11-24-56(51)61-58(52)57(55)45-17-12-18-48(38-45)60-53-22-9-6-19-49(53)50-20-7-10-23-54(50)60/h1-38H/i1D,2D,3D,4D,5D,13D,14D,15D,16D,25D,26D,27D,28D,29D,30D,31D,32D,33D,34D,37D. The number of para-hydroxylation sites is 3. The van der Waals surface area contributed by atoms with Gasteiger partial charge in [0.2, 0.25) is 0 Å². The van der Waals surface area contributed by atoms with Gasteiger partial charge in [-0.3, -0.25) is 0 Å². The molecule has 0 aliphatic heterocycles. The maximum Gasteiger partial charge on any atom is 0.145 e. The van der Waals surface area contributed by atoms with E-state index in [0.717, 1.165) is 26.7 Å². The van der Waals surface area contributed by atoms with Crippen molar-refractivity contribution in [2.75, 3.05) is 4.90 Å². The van der Waals surface area contributed by atoms with Gasteiger partial charge in [-0.25, -0.2) is 0 Å². The second-order valence-corrected chi connectivity index (χ2v) is 14.1. The van der Waals surface area contributed by atoms with E-state index in [9.17, 15) is 12.3 Å². The van der Waals surface area contributed by atoms with Gasteiger partial charge in [-0.2, -0.15) is 0 Å². The summed E-state index contributed by atoms with van der Waals surface area (Å²) in [7, 11) is 0. The van der Waals surface area contributed by atoms with E-state index in [-0.39, 0.29) is 16.8 Å². The Morgan fingerprint density at radius 3 is 1.74 bits per heavy atom. The summed E-state index contributed by atoms with van der Waals surface area (Å²) in [6, 6.07) is 16.7. The van der Waals surface area contributed by atoms with Crippen LogP contribution in [0.15, 0.2) is 234 Å². The van der Waals surface area contributed by atoms with E-state index in [2.05, 4.69) is 4.57 Å². The van der Waals surface area contributed by atoms with Crippen LogP contribution >= 0.6 is 0 Å². The molecule has 0 aliphatic rings. The maximum atomic E-state index is 9.93. The molecule has 12 rings (SSSR count). The molecule has 0 atom stereocenters. The van der Waals surface area contributed by atoms with Crippen molar-refractivity contribution in [1.29, 1.82) is 0 Å². The summed E-state index contributed by atoms with van der Waals surface area (Å²) >= 11 is 0. The second kappa shape index (κ2) is 14.3. The monoisotopic (exact) mass is 798 g/mol. The van der Waals surface area contributed by atoms with Crippen molar-refractivity contribution in [3.05, 3.63) is 230 Å². The van der Waals surface area contributed by atoms with Crippen molar-refractivity contribution in [2.24, 2.45) is 0 Å². The molecule has 0 spiro atoms. The summed E-state index contributed by atoms with van der Waals surface area (Å²) in [5.41, 5.74) is -0.478. The first-order chi connectivity index (χ1) is 38.6. The molecule has 0 N–H and O–H groups in total. The Labute approximate surface area is 381 Å². The third-order valence-corrected chi connectivity index (χ3v) is 10.7. The number of fused-ring (bicyclic) bond motifs is 7. The molecule has 286 valence electrons. The van der Waals surface area contributed by atoms with E-state index in [1.165, 1.54) is 6.07 Å². The van der Waals surface area contributed by atoms with Gasteiger partial charge in [0, 0.05) is 44.2 Å². The van der Waals surface area contributed by atoms with Gasteiger partial charge in [-0.15, -0.1) is 0 Å². The average Bonchev–Trinajstić information content (AvgIpc) is 4.08. The van der Waals surface area contributed by atoms with Crippen LogP contribution in [0.5, 0.6) is 0 Å². The van der Waals surface area contributed by atoms with Crippen LogP contribution in [-0.2, 0) is 0 Å². The van der Waals surface area contributed by atoms with Gasteiger partial charge in [0.05, 0.1) is 44.1 Å². The van der Waals surface area contributed by atoms with Crippen LogP contribution in [0.4, 0.5) is 17.1 Å². The molecule has 0 unspecified atom stereocenters. The molecule has 2 aromatic heterocycles. The Hall–Kier alpha value is -8.14. The Morgan fingerprint density at radius 2 is 1.02 bits per heavy atom. The predicted octanol–water partition coefficient (Wildman–Crippen LogP) is 16.3. The number of aromatic nitrogens is 1. The zero-order chi connectivity index (χ0) is 57.7. The number of benzene rings is 10. The minimum atomic E-state index is -0.927. The largest absolute Gasteiger partial charge is 0.455 e. The zero-order valence-corrected chi connectivity index (χ0v) is 31.7. The number of nitrogens with zero attached hydrogens (tertiary/aromatic N) is 2. The van der Waals surface area contributed by atoms with Crippen molar-refractivity contribution >= 4 is 71.6 Å². The Morgan fingerprint density at radius 1 is 0.426 bits per heavy atom. The molecule has 10 aromatic carbocycles. The van der Waals surface area contributed by atoms with Crippen molar-refractivity contribution in [2.45, 2.75) is 0 Å². The quantitative estimate of drug-likeness (QED) is 0.160. The van der Waals surface area contributed by atoms with Crippen LogP contribution in [0.25, 0.3) is 93.6 Å². The van der Waals surface area contributed by atoms with Gasteiger partial charge in [0.25, 0.3) is 0 Å². The molecule has 61 heavy (non-hydrogen) atoms. The van der Waals surface area contributed by atoms with E-state index < -0.39 is 165 Å². The Kier molecular flexibility index (Phi) is 4.74. The van der Waals surface area contributed by atoms with E-state index in [0.29, 0.717) is 27.6 Å². The highest BCUT2D eigenvalue weighted by Crippen LogP contribution is 2.47. The number of furan rings is 1. The van der Waals surface area contributed by atoms with Crippen molar-refractivity contribution < 1.29 is 31.8 Å². The molecule has 3 heteroatoms. The minimum absolute atomic E-state index is 0.0802. The summed E-state index contributed by atoms with van der Waals surface area (Å²) in [6.07, 6.45) is 0. The SMILES string of the molecule is [2H]c1c([2H])c([2H])c(-c2c([2H])c([2H])c(N(c3ccc4c(oc5ccccc54)c3-c3cccc(-n4c5ccccc5c5ccccc54)c3)c3c([2H])c([2H])c(-c4c([2H])c([2H])c5c([2H])c([2H])c([2H])c([2H])c5c4[2H])c([2H])c3[2H])c([2H])c2[2H])c([2H])c1[2H].